The van der Waals surface area contributed by atoms with E-state index in [1.807, 2.05) is 72.8 Å². The molecule has 0 bridgehead atoms. The van der Waals surface area contributed by atoms with Gasteiger partial charge in [0.1, 0.15) is 5.75 Å². The Morgan fingerprint density at radius 3 is 2.50 bits per heavy atom. The van der Waals surface area contributed by atoms with Crippen molar-refractivity contribution in [2.75, 3.05) is 17.7 Å². The highest BCUT2D eigenvalue weighted by atomic mass is 35.5. The van der Waals surface area contributed by atoms with Crippen molar-refractivity contribution in [2.24, 2.45) is 4.99 Å². The van der Waals surface area contributed by atoms with Crippen LogP contribution in [0.15, 0.2) is 83.4 Å². The highest BCUT2D eigenvalue weighted by Crippen LogP contribution is 2.31. The lowest BCUT2D eigenvalue weighted by molar-refractivity contribution is -0.135. The van der Waals surface area contributed by atoms with Crippen LogP contribution in [-0.2, 0) is 9.53 Å². The number of esters is 1. The third-order valence-electron chi connectivity index (χ3n) is 5.08. The fraction of sp³-hybridized carbons (Fsp3) is 0.185. The number of nitrogens with one attached hydrogen (secondary N) is 2. The summed E-state index contributed by atoms with van der Waals surface area (Å²) in [5.74, 6) is 1.62. The minimum absolute atomic E-state index is 0.316. The van der Waals surface area contributed by atoms with Crippen LogP contribution in [0.5, 0.6) is 11.5 Å². The number of para-hydroxylation sites is 2. The average molecular weight is 476 g/mol. The van der Waals surface area contributed by atoms with Crippen LogP contribution in [-0.4, -0.2) is 25.1 Å². The number of halogens is 1. The number of nitrogens with zero attached hydrogens (tertiary/aromatic N) is 1. The van der Waals surface area contributed by atoms with Gasteiger partial charge in [0.2, 0.25) is 5.96 Å². The second kappa shape index (κ2) is 10.9. The maximum absolute atomic E-state index is 11.6. The average Bonchev–Trinajstić information content (AvgIpc) is 3.65. The molecule has 3 aromatic carbocycles. The van der Waals surface area contributed by atoms with Crippen LogP contribution in [0.4, 0.5) is 11.4 Å². The summed E-state index contributed by atoms with van der Waals surface area (Å²) in [6.45, 7) is 1.72. The van der Waals surface area contributed by atoms with E-state index in [1.54, 1.807) is 13.0 Å². The molecule has 0 spiro atoms. The summed E-state index contributed by atoms with van der Waals surface area (Å²) < 4.78 is 10.9. The van der Waals surface area contributed by atoms with Crippen molar-refractivity contribution in [3.63, 3.8) is 0 Å². The van der Waals surface area contributed by atoms with Crippen molar-refractivity contribution in [3.8, 4) is 11.5 Å². The predicted octanol–water partition coefficient (Wildman–Crippen LogP) is 6.75. The zero-order valence-electron chi connectivity index (χ0n) is 19.0. The molecule has 34 heavy (non-hydrogen) atoms. The first-order valence-electron chi connectivity index (χ1n) is 11.0. The molecule has 0 atom stereocenters. The number of anilines is 2. The molecule has 1 aliphatic rings. The van der Waals surface area contributed by atoms with Gasteiger partial charge in [-0.05, 0) is 73.9 Å². The highest BCUT2D eigenvalue weighted by Gasteiger charge is 2.21. The zero-order chi connectivity index (χ0) is 23.9. The molecule has 6 nitrogen and oxygen atoms in total. The number of benzene rings is 3. The molecule has 1 fully saturated rings. The number of ether oxygens (including phenoxy) is 2. The summed E-state index contributed by atoms with van der Waals surface area (Å²) in [5.41, 5.74) is 3.04. The normalized spacial score (nSPS) is 13.9. The number of rotatable bonds is 7. The van der Waals surface area contributed by atoms with E-state index in [-0.39, 0.29) is 5.97 Å². The molecule has 0 radical (unpaired) electrons. The molecule has 0 unspecified atom stereocenters. The van der Waals surface area contributed by atoms with E-state index in [0.29, 0.717) is 34.1 Å². The standard InChI is InChI=1S/C27H26ClN3O3/c1-18(26(32)33-2)16-19-10-14-23(15-11-19)34-25-9-4-3-8-24(25)31-27(29-21-12-13-21)30-22-7-5-6-20(28)17-22/h3-11,14-17,21H,12-13H2,1-2H3,(H2,29,30,31)/b18-16+. The summed E-state index contributed by atoms with van der Waals surface area (Å²) in [6.07, 6.45) is 3.93. The summed E-state index contributed by atoms with van der Waals surface area (Å²) in [6, 6.07) is 23.0. The first-order chi connectivity index (χ1) is 16.5. The van der Waals surface area contributed by atoms with Crippen LogP contribution in [0.2, 0.25) is 5.02 Å². The van der Waals surface area contributed by atoms with Gasteiger partial charge in [-0.2, -0.15) is 0 Å². The maximum atomic E-state index is 11.6. The Morgan fingerprint density at radius 1 is 1.03 bits per heavy atom. The molecule has 0 aliphatic heterocycles. The van der Waals surface area contributed by atoms with Crippen LogP contribution in [0, 0.1) is 0 Å². The van der Waals surface area contributed by atoms with Crippen molar-refractivity contribution in [3.05, 3.63) is 89.0 Å². The number of hydrogen-bond acceptors (Lipinski definition) is 4. The topological polar surface area (TPSA) is 72.0 Å². The molecule has 174 valence electrons. The summed E-state index contributed by atoms with van der Waals surface area (Å²) in [4.78, 5) is 16.4. The highest BCUT2D eigenvalue weighted by molar-refractivity contribution is 6.31. The lowest BCUT2D eigenvalue weighted by Crippen LogP contribution is -2.23. The Hall–Kier alpha value is -3.77. The quantitative estimate of drug-likeness (QED) is 0.171. The lowest BCUT2D eigenvalue weighted by atomic mass is 10.1. The molecule has 1 aliphatic carbocycles. The van der Waals surface area contributed by atoms with Crippen molar-refractivity contribution in [1.82, 2.24) is 0 Å². The third kappa shape index (κ3) is 6.62. The summed E-state index contributed by atoms with van der Waals surface area (Å²) in [7, 11) is 1.37. The van der Waals surface area contributed by atoms with Crippen LogP contribution in [0.1, 0.15) is 25.3 Å². The van der Waals surface area contributed by atoms with E-state index in [4.69, 9.17) is 26.1 Å². The second-order valence-electron chi connectivity index (χ2n) is 7.96. The molecule has 0 saturated heterocycles. The Balaban J connectivity index is 1.50. The van der Waals surface area contributed by atoms with Gasteiger partial charge >= 0.3 is 5.97 Å². The second-order valence-corrected chi connectivity index (χ2v) is 8.39. The Morgan fingerprint density at radius 2 is 1.79 bits per heavy atom. The van der Waals surface area contributed by atoms with Gasteiger partial charge in [0.15, 0.2) is 5.75 Å². The number of methoxy groups -OCH3 is 1. The molecule has 3 aromatic rings. The number of guanidine groups is 1. The Kier molecular flexibility index (Phi) is 7.50. The molecule has 0 amide bonds. The number of aliphatic imine (C=N–C) groups is 1. The zero-order valence-corrected chi connectivity index (χ0v) is 19.8. The van der Waals surface area contributed by atoms with E-state index in [0.717, 1.165) is 29.8 Å². The van der Waals surface area contributed by atoms with Crippen molar-refractivity contribution < 1.29 is 14.3 Å². The minimum atomic E-state index is -0.352. The molecule has 1 saturated carbocycles. The first-order valence-corrected chi connectivity index (χ1v) is 11.4. The van der Waals surface area contributed by atoms with E-state index < -0.39 is 0 Å². The third-order valence-corrected chi connectivity index (χ3v) is 5.32. The molecule has 7 heteroatoms. The van der Waals surface area contributed by atoms with E-state index >= 15 is 0 Å². The first kappa shape index (κ1) is 23.4. The van der Waals surface area contributed by atoms with Gasteiger partial charge in [0, 0.05) is 16.3 Å². The predicted molar refractivity (Wildman–Crippen MR) is 138 cm³/mol. The molecule has 4 rings (SSSR count). The minimum Gasteiger partial charge on any atom is -0.466 e. The smallest absolute Gasteiger partial charge is 0.333 e. The van der Waals surface area contributed by atoms with Crippen LogP contribution >= 0.6 is 11.6 Å². The Bertz CT molecular complexity index is 1220. The number of carbonyl (C=O) groups is 1. The Labute approximate surface area is 204 Å². The molecular formula is C27H26ClN3O3. The van der Waals surface area contributed by atoms with Gasteiger partial charge in [-0.25, -0.2) is 9.79 Å². The van der Waals surface area contributed by atoms with Crippen LogP contribution < -0.4 is 15.4 Å². The maximum Gasteiger partial charge on any atom is 0.333 e. The van der Waals surface area contributed by atoms with Crippen molar-refractivity contribution in [2.45, 2.75) is 25.8 Å². The molecule has 2 N–H and O–H groups in total. The van der Waals surface area contributed by atoms with Crippen LogP contribution in [0.25, 0.3) is 6.08 Å². The number of carbonyl (C=O) groups excluding carboxylic acids is 1. The fourth-order valence-corrected chi connectivity index (χ4v) is 3.39. The van der Waals surface area contributed by atoms with Crippen molar-refractivity contribution in [1.29, 1.82) is 0 Å². The monoisotopic (exact) mass is 475 g/mol. The number of hydrogen-bond donors (Lipinski definition) is 2. The molecular weight excluding hydrogens is 450 g/mol. The lowest BCUT2D eigenvalue weighted by Gasteiger charge is -2.16. The van der Waals surface area contributed by atoms with Gasteiger partial charge in [0.05, 0.1) is 18.8 Å². The van der Waals surface area contributed by atoms with E-state index in [1.165, 1.54) is 7.11 Å². The fourth-order valence-electron chi connectivity index (χ4n) is 3.20. The van der Waals surface area contributed by atoms with Gasteiger partial charge in [-0.3, -0.25) is 0 Å². The molecule has 0 heterocycles. The van der Waals surface area contributed by atoms with E-state index in [2.05, 4.69) is 10.6 Å². The van der Waals surface area contributed by atoms with Gasteiger partial charge in [0.25, 0.3) is 0 Å². The van der Waals surface area contributed by atoms with Gasteiger partial charge in [-0.15, -0.1) is 0 Å². The van der Waals surface area contributed by atoms with E-state index in [9.17, 15) is 4.79 Å². The summed E-state index contributed by atoms with van der Waals surface area (Å²) >= 11 is 6.14. The van der Waals surface area contributed by atoms with Crippen molar-refractivity contribution >= 4 is 41.0 Å². The summed E-state index contributed by atoms with van der Waals surface area (Å²) in [5, 5.41) is 7.35. The SMILES string of the molecule is COC(=O)/C(C)=C/c1ccc(Oc2ccccc2NC(=NC2CC2)Nc2cccc(Cl)c2)cc1. The van der Waals surface area contributed by atoms with Gasteiger partial charge in [-0.1, -0.05) is 41.9 Å². The molecule has 0 aromatic heterocycles. The van der Waals surface area contributed by atoms with Crippen LogP contribution in [0.3, 0.4) is 0 Å². The largest absolute Gasteiger partial charge is 0.466 e. The van der Waals surface area contributed by atoms with Gasteiger partial charge < -0.3 is 20.1 Å².